The Hall–Kier alpha value is -1.64. The lowest BCUT2D eigenvalue weighted by molar-refractivity contribution is 0.111. The minimum absolute atomic E-state index is 0.477. The molecule has 0 N–H and O–H groups in total. The van der Waals surface area contributed by atoms with Gasteiger partial charge in [0.1, 0.15) is 12.6 Å². The monoisotopic (exact) mass is 278 g/mol. The summed E-state index contributed by atoms with van der Waals surface area (Å²) in [4.78, 5) is 21.6. The number of aldehydes is 2. The van der Waals surface area contributed by atoms with Crippen LogP contribution in [0.15, 0.2) is 36.4 Å². The van der Waals surface area contributed by atoms with E-state index in [1.54, 1.807) is 36.4 Å². The van der Waals surface area contributed by atoms with Gasteiger partial charge in [-0.25, -0.2) is 0 Å². The molecule has 0 fully saturated rings. The van der Waals surface area contributed by atoms with Crippen LogP contribution in [-0.2, 0) is 0 Å². The van der Waals surface area contributed by atoms with Gasteiger partial charge < -0.3 is 0 Å². The second-order valence-electron chi connectivity index (χ2n) is 3.71. The topological polar surface area (TPSA) is 34.1 Å². The van der Waals surface area contributed by atoms with Crippen molar-refractivity contribution in [1.82, 2.24) is 0 Å². The molecule has 2 aromatic carbocycles. The third-order valence-corrected chi connectivity index (χ3v) is 3.20. The first-order chi connectivity index (χ1) is 8.65. The highest BCUT2D eigenvalue weighted by Gasteiger charge is 2.09. The average molecular weight is 279 g/mol. The summed E-state index contributed by atoms with van der Waals surface area (Å²) in [7, 11) is 0. The molecule has 0 atom stereocenters. The van der Waals surface area contributed by atoms with Crippen molar-refractivity contribution in [1.29, 1.82) is 0 Å². The first kappa shape index (κ1) is 12.8. The molecule has 18 heavy (non-hydrogen) atoms. The van der Waals surface area contributed by atoms with Crippen LogP contribution in [0.3, 0.4) is 0 Å². The maximum absolute atomic E-state index is 10.8. The van der Waals surface area contributed by atoms with Crippen molar-refractivity contribution in [3.8, 4) is 11.1 Å². The van der Waals surface area contributed by atoms with Crippen molar-refractivity contribution in [3.63, 3.8) is 0 Å². The number of hydrogen-bond acceptors (Lipinski definition) is 2. The fourth-order valence-corrected chi connectivity index (χ4v) is 2.08. The Balaban J connectivity index is 2.67. The first-order valence-electron chi connectivity index (χ1n) is 5.15. The van der Waals surface area contributed by atoms with Crippen molar-refractivity contribution >= 4 is 35.8 Å². The van der Waals surface area contributed by atoms with Crippen molar-refractivity contribution in [2.75, 3.05) is 0 Å². The number of halogens is 2. The van der Waals surface area contributed by atoms with Gasteiger partial charge in [-0.2, -0.15) is 0 Å². The van der Waals surface area contributed by atoms with E-state index in [-0.39, 0.29) is 0 Å². The largest absolute Gasteiger partial charge is 0.298 e. The molecule has 0 unspecified atom stereocenters. The lowest BCUT2D eigenvalue weighted by Gasteiger charge is -2.08. The predicted molar refractivity (Wildman–Crippen MR) is 72.7 cm³/mol. The smallest absolute Gasteiger partial charge is 0.150 e. The Morgan fingerprint density at radius 2 is 1.11 bits per heavy atom. The molecule has 0 saturated heterocycles. The van der Waals surface area contributed by atoms with Gasteiger partial charge >= 0.3 is 0 Å². The number of carbonyl (C=O) groups excluding carboxylic acids is 2. The Morgan fingerprint density at radius 1 is 0.722 bits per heavy atom. The fraction of sp³-hybridized carbons (Fsp3) is 0. The lowest BCUT2D eigenvalue weighted by Crippen LogP contribution is -1.88. The van der Waals surface area contributed by atoms with Gasteiger partial charge in [0.25, 0.3) is 0 Å². The third-order valence-electron chi connectivity index (χ3n) is 2.54. The fourth-order valence-electron chi connectivity index (χ4n) is 1.65. The normalized spacial score (nSPS) is 10.1. The summed E-state index contributed by atoms with van der Waals surface area (Å²) >= 11 is 12.2. The van der Waals surface area contributed by atoms with E-state index in [1.807, 2.05) is 0 Å². The van der Waals surface area contributed by atoms with Gasteiger partial charge in [0.2, 0.25) is 0 Å². The van der Waals surface area contributed by atoms with E-state index >= 15 is 0 Å². The summed E-state index contributed by atoms with van der Waals surface area (Å²) in [6.45, 7) is 0. The van der Waals surface area contributed by atoms with Crippen molar-refractivity contribution < 1.29 is 9.59 Å². The van der Waals surface area contributed by atoms with Gasteiger partial charge in [0, 0.05) is 32.3 Å². The van der Waals surface area contributed by atoms with Crippen LogP contribution in [0.2, 0.25) is 10.0 Å². The molecule has 4 heteroatoms. The highest BCUT2D eigenvalue weighted by Crippen LogP contribution is 2.34. The maximum Gasteiger partial charge on any atom is 0.150 e. The van der Waals surface area contributed by atoms with E-state index in [0.29, 0.717) is 32.3 Å². The van der Waals surface area contributed by atoms with Gasteiger partial charge in [-0.3, -0.25) is 9.59 Å². The van der Waals surface area contributed by atoms with E-state index in [1.165, 1.54) is 0 Å². The molecule has 0 aliphatic rings. The van der Waals surface area contributed by atoms with Gasteiger partial charge in [-0.15, -0.1) is 0 Å². The molecule has 2 aromatic rings. The van der Waals surface area contributed by atoms with Crippen molar-refractivity contribution in [2.24, 2.45) is 0 Å². The minimum Gasteiger partial charge on any atom is -0.298 e. The van der Waals surface area contributed by atoms with Gasteiger partial charge in [-0.1, -0.05) is 35.3 Å². The maximum atomic E-state index is 10.8. The van der Waals surface area contributed by atoms with Crippen molar-refractivity contribution in [2.45, 2.75) is 0 Å². The van der Waals surface area contributed by atoms with E-state index in [0.717, 1.165) is 12.6 Å². The second-order valence-corrected chi connectivity index (χ2v) is 4.53. The molecular weight excluding hydrogens is 271 g/mol. The number of carbonyl (C=O) groups is 2. The van der Waals surface area contributed by atoms with Crippen LogP contribution in [0.4, 0.5) is 0 Å². The van der Waals surface area contributed by atoms with Crippen molar-refractivity contribution in [3.05, 3.63) is 57.6 Å². The molecule has 0 aliphatic heterocycles. The summed E-state index contributed by atoms with van der Waals surface area (Å²) in [5, 5.41) is 0.955. The second kappa shape index (κ2) is 5.34. The van der Waals surface area contributed by atoms with Crippen LogP contribution in [-0.4, -0.2) is 12.6 Å². The highest BCUT2D eigenvalue weighted by molar-refractivity contribution is 6.36. The standard InChI is InChI=1S/C14H8Cl2O2/c15-13-3-1-9(7-17)5-11(13)12-6-10(8-18)2-4-14(12)16/h1-8H. The Bertz CT molecular complexity index is 566. The third kappa shape index (κ3) is 2.45. The number of rotatable bonds is 3. The molecule has 0 amide bonds. The van der Waals surface area contributed by atoms with E-state index < -0.39 is 0 Å². The first-order valence-corrected chi connectivity index (χ1v) is 5.91. The van der Waals surface area contributed by atoms with Crippen LogP contribution < -0.4 is 0 Å². The molecule has 0 radical (unpaired) electrons. The Kier molecular flexibility index (Phi) is 3.80. The zero-order valence-corrected chi connectivity index (χ0v) is 10.7. The minimum atomic E-state index is 0.477. The van der Waals surface area contributed by atoms with Gasteiger partial charge in [0.05, 0.1) is 0 Å². The van der Waals surface area contributed by atoms with Crippen LogP contribution in [0.1, 0.15) is 20.7 Å². The summed E-state index contributed by atoms with van der Waals surface area (Å²) in [5.74, 6) is 0. The Morgan fingerprint density at radius 3 is 1.44 bits per heavy atom. The quantitative estimate of drug-likeness (QED) is 0.785. The zero-order chi connectivity index (χ0) is 13.1. The highest BCUT2D eigenvalue weighted by atomic mass is 35.5. The average Bonchev–Trinajstić information content (AvgIpc) is 2.40. The van der Waals surface area contributed by atoms with Gasteiger partial charge in [0.15, 0.2) is 0 Å². The molecule has 0 bridgehead atoms. The molecule has 2 nitrogen and oxygen atoms in total. The predicted octanol–water partition coefficient (Wildman–Crippen LogP) is 4.29. The number of hydrogen-bond donors (Lipinski definition) is 0. The van der Waals surface area contributed by atoms with Crippen LogP contribution in [0.25, 0.3) is 11.1 Å². The Labute approximate surface area is 114 Å². The lowest BCUT2D eigenvalue weighted by atomic mass is 10.0. The van der Waals surface area contributed by atoms with E-state index in [2.05, 4.69) is 0 Å². The summed E-state index contributed by atoms with van der Waals surface area (Å²) in [6.07, 6.45) is 1.47. The summed E-state index contributed by atoms with van der Waals surface area (Å²) in [5.41, 5.74) is 2.27. The summed E-state index contributed by atoms with van der Waals surface area (Å²) < 4.78 is 0. The van der Waals surface area contributed by atoms with E-state index in [9.17, 15) is 9.59 Å². The van der Waals surface area contributed by atoms with Crippen LogP contribution in [0, 0.1) is 0 Å². The van der Waals surface area contributed by atoms with E-state index in [4.69, 9.17) is 23.2 Å². The molecule has 0 spiro atoms. The SMILES string of the molecule is O=Cc1ccc(Cl)c(-c2cc(C=O)ccc2Cl)c1. The molecule has 2 rings (SSSR count). The molecular formula is C14H8Cl2O2. The van der Waals surface area contributed by atoms with Crippen LogP contribution >= 0.6 is 23.2 Å². The number of benzene rings is 2. The van der Waals surface area contributed by atoms with Crippen LogP contribution in [0.5, 0.6) is 0 Å². The zero-order valence-electron chi connectivity index (χ0n) is 9.19. The molecule has 0 aromatic heterocycles. The molecule has 0 aliphatic carbocycles. The summed E-state index contributed by atoms with van der Waals surface area (Å²) in [6, 6.07) is 9.79. The molecule has 0 saturated carbocycles. The molecule has 90 valence electrons. The molecule has 0 heterocycles. The van der Waals surface area contributed by atoms with Gasteiger partial charge in [-0.05, 0) is 24.3 Å².